The number of anilines is 1. The molecular formula is C19H24N4O3S. The van der Waals surface area contributed by atoms with Crippen LogP contribution in [0, 0.1) is 0 Å². The Kier molecular flexibility index (Phi) is 5.01. The maximum atomic E-state index is 13.1. The van der Waals surface area contributed by atoms with E-state index in [4.69, 9.17) is 10.5 Å². The van der Waals surface area contributed by atoms with E-state index in [2.05, 4.69) is 21.4 Å². The van der Waals surface area contributed by atoms with Gasteiger partial charge in [0.05, 0.1) is 11.4 Å². The van der Waals surface area contributed by atoms with Crippen LogP contribution in [0.4, 0.5) is 5.82 Å². The molecule has 2 heterocycles. The summed E-state index contributed by atoms with van der Waals surface area (Å²) in [6, 6.07) is 8.13. The predicted octanol–water partition coefficient (Wildman–Crippen LogP) is 1.52. The number of fused-ring (bicyclic) bond motifs is 1. The topological polar surface area (TPSA) is 107 Å². The van der Waals surface area contributed by atoms with Crippen LogP contribution in [0.1, 0.15) is 30.4 Å². The van der Waals surface area contributed by atoms with Crippen molar-refractivity contribution in [3.8, 4) is 6.01 Å². The van der Waals surface area contributed by atoms with Gasteiger partial charge in [-0.15, -0.1) is 0 Å². The highest BCUT2D eigenvalue weighted by Gasteiger charge is 2.33. The van der Waals surface area contributed by atoms with Gasteiger partial charge >= 0.3 is 6.01 Å². The zero-order valence-corrected chi connectivity index (χ0v) is 15.9. The molecule has 2 aromatic rings. The molecule has 4 rings (SSSR count). The van der Waals surface area contributed by atoms with Crippen molar-refractivity contribution in [2.24, 2.45) is 0 Å². The first-order chi connectivity index (χ1) is 13.0. The lowest BCUT2D eigenvalue weighted by Crippen LogP contribution is -2.34. The Morgan fingerprint density at radius 3 is 2.59 bits per heavy atom. The van der Waals surface area contributed by atoms with Crippen LogP contribution in [0.15, 0.2) is 35.4 Å². The van der Waals surface area contributed by atoms with Gasteiger partial charge in [0.25, 0.3) is 0 Å². The van der Waals surface area contributed by atoms with E-state index in [0.717, 1.165) is 37.9 Å². The molecule has 1 aliphatic carbocycles. The van der Waals surface area contributed by atoms with Crippen LogP contribution in [0.25, 0.3) is 0 Å². The summed E-state index contributed by atoms with van der Waals surface area (Å²) in [4.78, 5) is 8.25. The zero-order chi connectivity index (χ0) is 18.9. The normalized spacial score (nSPS) is 20.8. The number of nitrogens with one attached hydrogen (secondary N) is 1. The van der Waals surface area contributed by atoms with Gasteiger partial charge in [-0.05, 0) is 56.3 Å². The molecule has 0 spiro atoms. The Balaban J connectivity index is 1.53. The third-order valence-electron chi connectivity index (χ3n) is 5.37. The van der Waals surface area contributed by atoms with E-state index in [1.165, 1.54) is 11.8 Å². The van der Waals surface area contributed by atoms with Gasteiger partial charge in [-0.25, -0.2) is 13.4 Å². The lowest BCUT2D eigenvalue weighted by Gasteiger charge is -2.25. The van der Waals surface area contributed by atoms with E-state index < -0.39 is 15.1 Å². The fourth-order valence-electron chi connectivity index (χ4n) is 3.81. The van der Waals surface area contributed by atoms with Gasteiger partial charge in [0.2, 0.25) is 0 Å². The summed E-state index contributed by atoms with van der Waals surface area (Å²) < 4.78 is 32.0. The van der Waals surface area contributed by atoms with Crippen molar-refractivity contribution >= 4 is 15.7 Å². The first-order valence-corrected chi connectivity index (χ1v) is 10.9. The summed E-state index contributed by atoms with van der Waals surface area (Å²) in [6.45, 7) is 1.77. The van der Waals surface area contributed by atoms with Gasteiger partial charge in [0.1, 0.15) is 16.8 Å². The smallest absolute Gasteiger partial charge is 0.318 e. The molecule has 1 aromatic carbocycles. The minimum atomic E-state index is -3.60. The standard InChI is InChI=1S/C19H24N4O3S/c20-18-17(12-22-19(23-18)26-15-7-9-21-10-8-15)27(24,25)16-6-5-13-3-1-2-4-14(13)11-16/h1-4,12,15-16,21H,5-11H2,(H2,20,22,23). The van der Waals surface area contributed by atoms with Crippen molar-refractivity contribution in [3.05, 3.63) is 41.6 Å². The van der Waals surface area contributed by atoms with Crippen LogP contribution < -0.4 is 15.8 Å². The number of benzene rings is 1. The van der Waals surface area contributed by atoms with Crippen molar-refractivity contribution in [2.45, 2.75) is 48.4 Å². The monoisotopic (exact) mass is 388 g/mol. The molecule has 8 heteroatoms. The SMILES string of the molecule is Nc1nc(OC2CCNCC2)ncc1S(=O)(=O)C1CCc2ccccc2C1. The summed E-state index contributed by atoms with van der Waals surface area (Å²) in [5, 5.41) is 2.75. The molecule has 2 aliphatic rings. The quantitative estimate of drug-likeness (QED) is 0.818. The number of sulfone groups is 1. The van der Waals surface area contributed by atoms with E-state index in [-0.39, 0.29) is 22.8 Å². The second-order valence-corrected chi connectivity index (χ2v) is 9.34. The number of nitrogens with two attached hydrogens (primary N) is 1. The van der Waals surface area contributed by atoms with Crippen LogP contribution >= 0.6 is 0 Å². The van der Waals surface area contributed by atoms with E-state index in [0.29, 0.717) is 12.8 Å². The highest BCUT2D eigenvalue weighted by Crippen LogP contribution is 2.31. The fraction of sp³-hybridized carbons (Fsp3) is 0.474. The Morgan fingerprint density at radius 1 is 1.11 bits per heavy atom. The zero-order valence-electron chi connectivity index (χ0n) is 15.1. The number of hydrogen-bond acceptors (Lipinski definition) is 7. The van der Waals surface area contributed by atoms with Gasteiger partial charge < -0.3 is 15.8 Å². The molecule has 1 saturated heterocycles. The molecule has 0 radical (unpaired) electrons. The lowest BCUT2D eigenvalue weighted by molar-refractivity contribution is 0.149. The number of aryl methyl sites for hydroxylation is 1. The Hall–Kier alpha value is -2.19. The summed E-state index contributed by atoms with van der Waals surface area (Å²) in [6.07, 6.45) is 4.88. The van der Waals surface area contributed by atoms with Crippen molar-refractivity contribution in [3.63, 3.8) is 0 Å². The van der Waals surface area contributed by atoms with E-state index in [1.54, 1.807) is 0 Å². The van der Waals surface area contributed by atoms with Crippen molar-refractivity contribution in [1.82, 2.24) is 15.3 Å². The molecule has 7 nitrogen and oxygen atoms in total. The molecule has 1 unspecified atom stereocenters. The fourth-order valence-corrected chi connectivity index (χ4v) is 5.54. The molecule has 0 saturated carbocycles. The molecular weight excluding hydrogens is 364 g/mol. The Morgan fingerprint density at radius 2 is 1.85 bits per heavy atom. The van der Waals surface area contributed by atoms with Crippen LogP contribution in [-0.2, 0) is 22.7 Å². The van der Waals surface area contributed by atoms with E-state index >= 15 is 0 Å². The van der Waals surface area contributed by atoms with Crippen LogP contribution in [0.5, 0.6) is 6.01 Å². The van der Waals surface area contributed by atoms with Crippen LogP contribution in [0.3, 0.4) is 0 Å². The summed E-state index contributed by atoms with van der Waals surface area (Å²) in [7, 11) is -3.60. The largest absolute Gasteiger partial charge is 0.460 e. The van der Waals surface area contributed by atoms with Gasteiger partial charge in [-0.3, -0.25) is 0 Å². The van der Waals surface area contributed by atoms with Gasteiger partial charge in [0.15, 0.2) is 9.84 Å². The van der Waals surface area contributed by atoms with E-state index in [1.807, 2.05) is 18.2 Å². The molecule has 1 fully saturated rings. The van der Waals surface area contributed by atoms with Crippen molar-refractivity contribution in [2.75, 3.05) is 18.8 Å². The molecule has 3 N–H and O–H groups in total. The average Bonchev–Trinajstić information content (AvgIpc) is 2.68. The maximum Gasteiger partial charge on any atom is 0.318 e. The minimum absolute atomic E-state index is 0.00421. The first-order valence-electron chi connectivity index (χ1n) is 9.34. The number of piperidine rings is 1. The molecule has 1 aliphatic heterocycles. The Bertz CT molecular complexity index is 926. The average molecular weight is 388 g/mol. The van der Waals surface area contributed by atoms with Crippen molar-refractivity contribution in [1.29, 1.82) is 0 Å². The maximum absolute atomic E-state index is 13.1. The molecule has 0 bridgehead atoms. The van der Waals surface area contributed by atoms with Gasteiger partial charge in [-0.2, -0.15) is 4.98 Å². The summed E-state index contributed by atoms with van der Waals surface area (Å²) in [5.74, 6) is -0.0345. The number of nitrogen functional groups attached to an aromatic ring is 1. The van der Waals surface area contributed by atoms with E-state index in [9.17, 15) is 8.42 Å². The van der Waals surface area contributed by atoms with Gasteiger partial charge in [-0.1, -0.05) is 24.3 Å². The minimum Gasteiger partial charge on any atom is -0.460 e. The highest BCUT2D eigenvalue weighted by atomic mass is 32.2. The second-order valence-electron chi connectivity index (χ2n) is 7.15. The lowest BCUT2D eigenvalue weighted by atomic mass is 9.92. The number of rotatable bonds is 4. The molecule has 1 atom stereocenters. The third-order valence-corrected chi connectivity index (χ3v) is 7.57. The first kappa shape index (κ1) is 18.2. The molecule has 144 valence electrons. The second kappa shape index (κ2) is 7.44. The number of aromatic nitrogens is 2. The molecule has 1 aromatic heterocycles. The highest BCUT2D eigenvalue weighted by molar-refractivity contribution is 7.92. The third kappa shape index (κ3) is 3.77. The predicted molar refractivity (Wildman–Crippen MR) is 102 cm³/mol. The van der Waals surface area contributed by atoms with Crippen molar-refractivity contribution < 1.29 is 13.2 Å². The number of ether oxygens (including phenoxy) is 1. The number of hydrogen-bond donors (Lipinski definition) is 2. The van der Waals surface area contributed by atoms with Gasteiger partial charge in [0, 0.05) is 0 Å². The van der Waals surface area contributed by atoms with Crippen LogP contribution in [0.2, 0.25) is 0 Å². The van der Waals surface area contributed by atoms with Crippen LogP contribution in [-0.4, -0.2) is 42.8 Å². The Labute approximate surface area is 159 Å². The molecule has 0 amide bonds. The number of nitrogens with zero attached hydrogens (tertiary/aromatic N) is 2. The summed E-state index contributed by atoms with van der Waals surface area (Å²) in [5.41, 5.74) is 8.30. The summed E-state index contributed by atoms with van der Waals surface area (Å²) >= 11 is 0. The molecule has 27 heavy (non-hydrogen) atoms.